The highest BCUT2D eigenvalue weighted by atomic mass is 19.4. The summed E-state index contributed by atoms with van der Waals surface area (Å²) in [5, 5.41) is 14.1. The van der Waals surface area contributed by atoms with Crippen LogP contribution in [0.4, 0.5) is 13.2 Å². The third-order valence-electron chi connectivity index (χ3n) is 11.6. The number of likely N-dealkylation sites (N-methyl/N-ethyl adjacent to an activating group) is 1. The van der Waals surface area contributed by atoms with Gasteiger partial charge in [-0.05, 0) is 24.5 Å². The molecular weight excluding hydrogens is 609 g/mol. The first-order chi connectivity index (χ1) is 22.4. The summed E-state index contributed by atoms with van der Waals surface area (Å²) < 4.78 is 57.2. The third kappa shape index (κ3) is 5.03. The highest BCUT2D eigenvalue weighted by molar-refractivity contribution is 6.03. The van der Waals surface area contributed by atoms with Crippen molar-refractivity contribution >= 4 is 17.6 Å². The molecule has 0 aromatic heterocycles. The molecule has 2 saturated carbocycles. The van der Waals surface area contributed by atoms with Crippen molar-refractivity contribution in [1.82, 2.24) is 5.32 Å². The van der Waals surface area contributed by atoms with Crippen LogP contribution in [0.3, 0.4) is 0 Å². The average Bonchev–Trinajstić information content (AvgIpc) is 3.33. The van der Waals surface area contributed by atoms with Crippen molar-refractivity contribution in [3.63, 3.8) is 0 Å². The van der Waals surface area contributed by atoms with Gasteiger partial charge >= 0.3 is 12.1 Å². The molecule has 2 aromatic carbocycles. The molecule has 1 spiro atoms. The van der Waals surface area contributed by atoms with Gasteiger partial charge in [0, 0.05) is 49.0 Å². The Balaban J connectivity index is 1.28. The van der Waals surface area contributed by atoms with Gasteiger partial charge in [-0.3, -0.25) is 9.59 Å². The van der Waals surface area contributed by atoms with E-state index in [0.29, 0.717) is 12.8 Å². The second kappa shape index (κ2) is 11.4. The van der Waals surface area contributed by atoms with E-state index in [1.165, 1.54) is 35.9 Å². The number of aliphatic hydroxyl groups is 1. The fourth-order valence-electron chi connectivity index (χ4n) is 9.69. The van der Waals surface area contributed by atoms with Gasteiger partial charge in [0.2, 0.25) is 5.72 Å². The summed E-state index contributed by atoms with van der Waals surface area (Å²) in [6.07, 6.45) is 2.75. The van der Waals surface area contributed by atoms with E-state index in [4.69, 9.17) is 9.47 Å². The number of nitrogens with one attached hydrogen (secondary N) is 1. The fraction of sp³-hybridized carbons (Fsp3) is 0.459. The molecule has 2 heterocycles. The molecular formula is C37H40F3N2O5+. The number of aliphatic hydroxyl groups excluding tert-OH is 1. The zero-order valence-electron chi connectivity index (χ0n) is 26.6. The van der Waals surface area contributed by atoms with Crippen LogP contribution in [0.5, 0.6) is 0 Å². The van der Waals surface area contributed by atoms with Crippen molar-refractivity contribution in [1.29, 1.82) is 0 Å². The van der Waals surface area contributed by atoms with E-state index >= 15 is 0 Å². The molecule has 3 aliphatic carbocycles. The highest BCUT2D eigenvalue weighted by Gasteiger charge is 2.76. The number of hydrogen-bond donors (Lipinski definition) is 2. The van der Waals surface area contributed by atoms with Gasteiger partial charge in [0.15, 0.2) is 11.3 Å². The van der Waals surface area contributed by atoms with Crippen LogP contribution in [0, 0.1) is 17.3 Å². The number of hydrogen-bond acceptors (Lipinski definition) is 5. The number of allylic oxidation sites excluding steroid dienone is 2. The van der Waals surface area contributed by atoms with E-state index in [1.54, 1.807) is 6.07 Å². The second-order valence-electron chi connectivity index (χ2n) is 14.0. The molecule has 1 amide bonds. The molecule has 7 atom stereocenters. The van der Waals surface area contributed by atoms with E-state index in [1.807, 2.05) is 12.1 Å². The lowest BCUT2D eigenvalue weighted by Crippen LogP contribution is -2.72. The number of likely N-dealkylation sites (tertiary alicyclic amines) is 1. The van der Waals surface area contributed by atoms with Crippen LogP contribution >= 0.6 is 0 Å². The molecule has 248 valence electrons. The lowest BCUT2D eigenvalue weighted by Gasteiger charge is -2.64. The molecule has 2 bridgehead atoms. The topological polar surface area (TPSA) is 84.9 Å². The average molecular weight is 650 g/mol. The summed E-state index contributed by atoms with van der Waals surface area (Å²) in [6, 6.07) is 18.0. The van der Waals surface area contributed by atoms with Crippen LogP contribution in [0.1, 0.15) is 50.2 Å². The van der Waals surface area contributed by atoms with E-state index in [0.717, 1.165) is 55.8 Å². The van der Waals surface area contributed by atoms with Gasteiger partial charge < -0.3 is 24.4 Å². The van der Waals surface area contributed by atoms with Crippen molar-refractivity contribution < 1.29 is 41.8 Å². The van der Waals surface area contributed by atoms with Gasteiger partial charge in [0.05, 0.1) is 32.3 Å². The number of alkyl halides is 3. The lowest BCUT2D eigenvalue weighted by atomic mass is 9.46. The van der Waals surface area contributed by atoms with E-state index < -0.39 is 46.4 Å². The quantitative estimate of drug-likeness (QED) is 0.157. The van der Waals surface area contributed by atoms with Crippen LogP contribution in [-0.4, -0.2) is 65.7 Å². The number of amides is 1. The molecule has 5 aliphatic rings. The monoisotopic (exact) mass is 649 g/mol. The fourth-order valence-corrected chi connectivity index (χ4v) is 9.69. The largest absolute Gasteiger partial charge is 0.507 e. The summed E-state index contributed by atoms with van der Waals surface area (Å²) in [5.41, 5.74) is -1.79. The Kier molecular flexibility index (Phi) is 7.67. The summed E-state index contributed by atoms with van der Waals surface area (Å²) >= 11 is 0. The number of halogens is 3. The Hall–Kier alpha value is -3.89. The maximum Gasteiger partial charge on any atom is 0.425 e. The lowest BCUT2D eigenvalue weighted by molar-refractivity contribution is -0.946. The number of nitrogens with zero attached hydrogens (tertiary/aromatic N) is 1. The summed E-state index contributed by atoms with van der Waals surface area (Å²) in [7, 11) is 2.33. The number of piperidine rings is 1. The third-order valence-corrected chi connectivity index (χ3v) is 11.6. The van der Waals surface area contributed by atoms with Gasteiger partial charge in [0.25, 0.3) is 5.91 Å². The first-order valence-electron chi connectivity index (χ1n) is 16.4. The molecule has 2 saturated heterocycles. The minimum absolute atomic E-state index is 0.0771. The van der Waals surface area contributed by atoms with Crippen molar-refractivity contribution in [2.45, 2.75) is 69.5 Å². The van der Waals surface area contributed by atoms with E-state index in [2.05, 4.69) is 36.6 Å². The minimum Gasteiger partial charge on any atom is -0.507 e. The number of quaternary nitrogens is 1. The minimum atomic E-state index is -5.19. The SMILES string of the molecule is CC(=O)OC(=C(C(=O)NC12O[C@H]3CCC[C@H]4[C@H]5CC(=CC=C1O)C2[C@@]34CC[N+]5(C)CCc1ccccc1)C(F)(F)F)c1ccccc1. The van der Waals surface area contributed by atoms with Crippen molar-refractivity contribution in [3.8, 4) is 0 Å². The Labute approximate surface area is 272 Å². The van der Waals surface area contributed by atoms with Crippen LogP contribution in [0.25, 0.3) is 5.76 Å². The Bertz CT molecular complexity index is 1670. The first-order valence-corrected chi connectivity index (χ1v) is 16.4. The Morgan fingerprint density at radius 2 is 1.77 bits per heavy atom. The van der Waals surface area contributed by atoms with Gasteiger partial charge in [-0.2, -0.15) is 13.2 Å². The van der Waals surface area contributed by atoms with Crippen LogP contribution in [0.15, 0.2) is 89.7 Å². The molecule has 7 rings (SSSR count). The van der Waals surface area contributed by atoms with Crippen molar-refractivity contribution in [2.75, 3.05) is 20.1 Å². The van der Waals surface area contributed by atoms with Crippen molar-refractivity contribution in [2.24, 2.45) is 17.3 Å². The Morgan fingerprint density at radius 1 is 1.06 bits per heavy atom. The number of benzene rings is 2. The number of esters is 1. The first kappa shape index (κ1) is 31.7. The maximum atomic E-state index is 14.8. The molecule has 2 N–H and O–H groups in total. The molecule has 2 aliphatic heterocycles. The van der Waals surface area contributed by atoms with E-state index in [9.17, 15) is 27.9 Å². The van der Waals surface area contributed by atoms with E-state index in [-0.39, 0.29) is 29.4 Å². The van der Waals surface area contributed by atoms with Gasteiger partial charge in [-0.1, -0.05) is 78.7 Å². The normalized spacial score (nSPS) is 34.3. The molecule has 3 unspecified atom stereocenters. The smallest absolute Gasteiger partial charge is 0.425 e. The molecule has 7 nitrogen and oxygen atoms in total. The second-order valence-corrected chi connectivity index (χ2v) is 14.0. The number of ether oxygens (including phenoxy) is 2. The zero-order chi connectivity index (χ0) is 33.2. The summed E-state index contributed by atoms with van der Waals surface area (Å²) in [5.74, 6) is -4.05. The van der Waals surface area contributed by atoms with Crippen LogP contribution < -0.4 is 5.32 Å². The number of carbonyl (C=O) groups is 2. The molecule has 2 aromatic rings. The van der Waals surface area contributed by atoms with Gasteiger partial charge in [0.1, 0.15) is 5.76 Å². The van der Waals surface area contributed by atoms with Crippen molar-refractivity contribution in [3.05, 3.63) is 101 Å². The Morgan fingerprint density at radius 3 is 2.45 bits per heavy atom. The summed E-state index contributed by atoms with van der Waals surface area (Å²) in [4.78, 5) is 26.0. The molecule has 10 heteroatoms. The van der Waals surface area contributed by atoms with Gasteiger partial charge in [-0.25, -0.2) is 0 Å². The van der Waals surface area contributed by atoms with Crippen LogP contribution in [-0.2, 0) is 25.5 Å². The molecule has 4 fully saturated rings. The number of rotatable bonds is 7. The van der Waals surface area contributed by atoms with Gasteiger partial charge in [-0.15, -0.1) is 0 Å². The predicted octanol–water partition coefficient (Wildman–Crippen LogP) is 6.38. The van der Waals surface area contributed by atoms with Crippen LogP contribution in [0.2, 0.25) is 0 Å². The molecule has 0 radical (unpaired) electrons. The predicted molar refractivity (Wildman–Crippen MR) is 168 cm³/mol. The zero-order valence-corrected chi connectivity index (χ0v) is 26.6. The molecule has 47 heavy (non-hydrogen) atoms. The summed E-state index contributed by atoms with van der Waals surface area (Å²) in [6.45, 7) is 2.81. The number of carbonyl (C=O) groups excluding carboxylic acids is 2. The highest BCUT2D eigenvalue weighted by Crippen LogP contribution is 2.70. The standard InChI is InChI=1S/C37H39F3N2O5/c1-23(43)46-32(25-12-7-4-8-13-25)31(37(38,39)40)34(45)41-36-29(44)17-16-26-22-28-27-14-9-15-30(47-36)35(27,33(26)36)19-21-42(28,2)20-18-24-10-5-3-6-11-24/h3-8,10-13,16-17,27-28,30,33H,9,14-15,18-22H2,1-2H3,(H-,41,44,45)/p+1/t27-,28+,30-,33?,35+,36?,42?/m0/s1. The maximum absolute atomic E-state index is 14.8.